The van der Waals surface area contributed by atoms with Crippen LogP contribution in [0.1, 0.15) is 21.6 Å². The molecule has 2 heterocycles. The molecule has 7 heteroatoms. The number of fused-ring (bicyclic) bond motifs is 1. The van der Waals surface area contributed by atoms with Crippen molar-refractivity contribution in [2.75, 3.05) is 0 Å². The summed E-state index contributed by atoms with van der Waals surface area (Å²) in [6.45, 7) is 1.70. The van der Waals surface area contributed by atoms with Crippen LogP contribution in [0.3, 0.4) is 0 Å². The average Bonchev–Trinajstić information content (AvgIpc) is 2.53. The second kappa shape index (κ2) is 6.33. The highest BCUT2D eigenvalue weighted by atomic mass is 35.5. The van der Waals surface area contributed by atoms with Crippen LogP contribution < -0.4 is 5.56 Å². The minimum atomic E-state index is -0.727. The van der Waals surface area contributed by atoms with Gasteiger partial charge in [0.25, 0.3) is 5.56 Å². The molecule has 0 fully saturated rings. The maximum absolute atomic E-state index is 12.1. The van der Waals surface area contributed by atoms with Crippen molar-refractivity contribution < 1.29 is 14.6 Å². The highest BCUT2D eigenvalue weighted by molar-refractivity contribution is 6.30. The zero-order chi connectivity index (χ0) is 17.3. The molecule has 0 saturated carbocycles. The van der Waals surface area contributed by atoms with E-state index < -0.39 is 5.97 Å². The second-order valence-corrected chi connectivity index (χ2v) is 5.69. The largest absolute Gasteiger partial charge is 0.507 e. The van der Waals surface area contributed by atoms with E-state index in [1.807, 2.05) is 13.0 Å². The van der Waals surface area contributed by atoms with E-state index >= 15 is 0 Å². The number of carbonyl (C=O) groups excluding carboxylic acids is 1. The van der Waals surface area contributed by atoms with Crippen molar-refractivity contribution >= 4 is 23.2 Å². The molecule has 0 amide bonds. The van der Waals surface area contributed by atoms with Crippen molar-refractivity contribution in [3.05, 3.63) is 74.8 Å². The molecule has 1 aromatic carbocycles. The number of rotatable bonds is 3. The van der Waals surface area contributed by atoms with Gasteiger partial charge in [0.05, 0.1) is 5.69 Å². The first-order chi connectivity index (χ1) is 11.4. The predicted octanol–water partition coefficient (Wildman–Crippen LogP) is 2.72. The number of carbonyl (C=O) groups is 1. The lowest BCUT2D eigenvalue weighted by Crippen LogP contribution is -2.17. The normalized spacial score (nSPS) is 10.8. The molecule has 0 atom stereocenters. The number of aromatic nitrogens is 2. The van der Waals surface area contributed by atoms with Crippen molar-refractivity contribution in [2.24, 2.45) is 0 Å². The number of phenolic OH excluding ortho intramolecular Hbond substituents is 1. The Hall–Kier alpha value is -2.86. The van der Waals surface area contributed by atoms with Gasteiger partial charge in [0.2, 0.25) is 0 Å². The molecule has 0 aliphatic rings. The van der Waals surface area contributed by atoms with E-state index in [0.29, 0.717) is 16.4 Å². The number of halogens is 1. The van der Waals surface area contributed by atoms with E-state index in [2.05, 4.69) is 4.98 Å². The summed E-state index contributed by atoms with van der Waals surface area (Å²) in [5.41, 5.74) is 1.46. The smallest absolute Gasteiger partial charge is 0.342 e. The Morgan fingerprint density at radius 1 is 1.29 bits per heavy atom. The average molecular weight is 345 g/mol. The van der Waals surface area contributed by atoms with Gasteiger partial charge in [-0.1, -0.05) is 17.7 Å². The molecule has 6 nitrogen and oxygen atoms in total. The fourth-order valence-electron chi connectivity index (χ4n) is 2.23. The molecular weight excluding hydrogens is 332 g/mol. The molecular formula is C17H13ClN2O4. The lowest BCUT2D eigenvalue weighted by molar-refractivity contribution is 0.0464. The molecule has 122 valence electrons. The molecule has 0 aliphatic heterocycles. The molecule has 24 heavy (non-hydrogen) atoms. The van der Waals surface area contributed by atoms with E-state index in [4.69, 9.17) is 16.3 Å². The quantitative estimate of drug-likeness (QED) is 0.739. The molecule has 1 N–H and O–H groups in total. The fourth-order valence-corrected chi connectivity index (χ4v) is 2.39. The lowest BCUT2D eigenvalue weighted by atomic mass is 10.2. The van der Waals surface area contributed by atoms with E-state index in [1.165, 1.54) is 28.7 Å². The van der Waals surface area contributed by atoms with Gasteiger partial charge in [0, 0.05) is 17.3 Å². The molecule has 3 aromatic rings. The first-order valence-corrected chi connectivity index (χ1v) is 7.46. The first kappa shape index (κ1) is 16.0. The van der Waals surface area contributed by atoms with Crippen LogP contribution in [0.15, 0.2) is 47.4 Å². The summed E-state index contributed by atoms with van der Waals surface area (Å²) in [5.74, 6) is -0.996. The summed E-state index contributed by atoms with van der Waals surface area (Å²) in [4.78, 5) is 28.4. The van der Waals surface area contributed by atoms with Gasteiger partial charge in [-0.25, -0.2) is 9.78 Å². The third kappa shape index (κ3) is 3.23. The third-order valence-electron chi connectivity index (χ3n) is 3.39. The Kier molecular flexibility index (Phi) is 4.22. The number of aromatic hydroxyl groups is 1. The lowest BCUT2D eigenvalue weighted by Gasteiger charge is -2.07. The van der Waals surface area contributed by atoms with Crippen molar-refractivity contribution in [1.82, 2.24) is 9.38 Å². The summed E-state index contributed by atoms with van der Waals surface area (Å²) < 4.78 is 6.53. The van der Waals surface area contributed by atoms with Crippen LogP contribution in [0.4, 0.5) is 0 Å². The highest BCUT2D eigenvalue weighted by Crippen LogP contribution is 2.22. The molecule has 3 rings (SSSR count). The Bertz CT molecular complexity index is 998. The predicted molar refractivity (Wildman–Crippen MR) is 88.4 cm³/mol. The minimum absolute atomic E-state index is 0.00691. The van der Waals surface area contributed by atoms with Crippen molar-refractivity contribution in [3.63, 3.8) is 0 Å². The molecule has 0 spiro atoms. The van der Waals surface area contributed by atoms with Crippen LogP contribution in [0, 0.1) is 6.92 Å². The number of nitrogens with zero attached hydrogens (tertiary/aromatic N) is 2. The Morgan fingerprint density at radius 3 is 2.83 bits per heavy atom. The summed E-state index contributed by atoms with van der Waals surface area (Å²) in [5, 5.41) is 10.0. The maximum Gasteiger partial charge on any atom is 0.342 e. The van der Waals surface area contributed by atoms with Crippen LogP contribution in [-0.4, -0.2) is 20.5 Å². The summed E-state index contributed by atoms with van der Waals surface area (Å²) >= 11 is 5.72. The van der Waals surface area contributed by atoms with Gasteiger partial charge in [0.15, 0.2) is 0 Å². The van der Waals surface area contributed by atoms with Gasteiger partial charge in [-0.05, 0) is 36.8 Å². The Labute approximate surface area is 141 Å². The van der Waals surface area contributed by atoms with E-state index in [1.54, 1.807) is 12.3 Å². The minimum Gasteiger partial charge on any atom is -0.507 e. The molecule has 0 bridgehead atoms. The SMILES string of the molecule is Cc1ccc2nc(COC(=O)c3ccc(Cl)cc3O)cc(=O)n2c1. The van der Waals surface area contributed by atoms with E-state index in [-0.39, 0.29) is 23.5 Å². The van der Waals surface area contributed by atoms with Gasteiger partial charge in [0.1, 0.15) is 23.6 Å². The number of esters is 1. The molecule has 0 saturated heterocycles. The van der Waals surface area contributed by atoms with Gasteiger partial charge >= 0.3 is 5.97 Å². The zero-order valence-electron chi connectivity index (χ0n) is 12.7. The monoisotopic (exact) mass is 344 g/mol. The summed E-state index contributed by atoms with van der Waals surface area (Å²) in [6.07, 6.45) is 1.69. The fraction of sp³-hybridized carbons (Fsp3) is 0.118. The number of benzene rings is 1. The number of phenols is 1. The first-order valence-electron chi connectivity index (χ1n) is 7.08. The van der Waals surface area contributed by atoms with Crippen LogP contribution in [0.25, 0.3) is 5.65 Å². The second-order valence-electron chi connectivity index (χ2n) is 5.26. The topological polar surface area (TPSA) is 80.9 Å². The summed E-state index contributed by atoms with van der Waals surface area (Å²) in [7, 11) is 0. The van der Waals surface area contributed by atoms with Gasteiger partial charge in [-0.3, -0.25) is 9.20 Å². The Morgan fingerprint density at radius 2 is 2.08 bits per heavy atom. The van der Waals surface area contributed by atoms with E-state index in [0.717, 1.165) is 5.56 Å². The van der Waals surface area contributed by atoms with Crippen molar-refractivity contribution in [3.8, 4) is 5.75 Å². The zero-order valence-corrected chi connectivity index (χ0v) is 13.4. The molecule has 2 aromatic heterocycles. The number of hydrogen-bond donors (Lipinski definition) is 1. The highest BCUT2D eigenvalue weighted by Gasteiger charge is 2.14. The molecule has 0 aliphatic carbocycles. The van der Waals surface area contributed by atoms with E-state index in [9.17, 15) is 14.7 Å². The summed E-state index contributed by atoms with van der Waals surface area (Å²) in [6, 6.07) is 8.95. The maximum atomic E-state index is 12.1. The van der Waals surface area contributed by atoms with Gasteiger partial charge < -0.3 is 9.84 Å². The molecule has 0 radical (unpaired) electrons. The molecule has 0 unspecified atom stereocenters. The van der Waals surface area contributed by atoms with Crippen molar-refractivity contribution in [1.29, 1.82) is 0 Å². The van der Waals surface area contributed by atoms with Gasteiger partial charge in [-0.15, -0.1) is 0 Å². The van der Waals surface area contributed by atoms with Crippen LogP contribution in [0.2, 0.25) is 5.02 Å². The standard InChI is InChI=1S/C17H13ClN2O4/c1-10-2-5-15-19-12(7-16(22)20(15)8-10)9-24-17(23)13-4-3-11(18)6-14(13)21/h2-8,21H,9H2,1H3. The Balaban J connectivity index is 1.81. The number of pyridine rings is 1. The van der Waals surface area contributed by atoms with Gasteiger partial charge in [-0.2, -0.15) is 0 Å². The van der Waals surface area contributed by atoms with Crippen LogP contribution >= 0.6 is 11.6 Å². The number of hydrogen-bond acceptors (Lipinski definition) is 5. The third-order valence-corrected chi connectivity index (χ3v) is 3.63. The number of aryl methyl sites for hydroxylation is 1. The van der Waals surface area contributed by atoms with Crippen LogP contribution in [-0.2, 0) is 11.3 Å². The van der Waals surface area contributed by atoms with Crippen molar-refractivity contribution in [2.45, 2.75) is 13.5 Å². The number of ether oxygens (including phenoxy) is 1. The van der Waals surface area contributed by atoms with Crippen LogP contribution in [0.5, 0.6) is 5.75 Å².